The fourth-order valence-corrected chi connectivity index (χ4v) is 7.08. The minimum Gasteiger partial charge on any atom is -0.593 e. The quantitative estimate of drug-likeness (QED) is 0.307. The van der Waals surface area contributed by atoms with Crippen molar-refractivity contribution in [3.8, 4) is 11.3 Å². The summed E-state index contributed by atoms with van der Waals surface area (Å²) in [6.45, 7) is 0.619. The van der Waals surface area contributed by atoms with Gasteiger partial charge in [-0.2, -0.15) is 4.31 Å². The van der Waals surface area contributed by atoms with Crippen molar-refractivity contribution in [3.05, 3.63) is 83.7 Å². The maximum Gasteiger partial charge on any atom is 0.255 e. The second-order valence-corrected chi connectivity index (χ2v) is 12.4. The van der Waals surface area contributed by atoms with E-state index in [-0.39, 0.29) is 34.6 Å². The highest BCUT2D eigenvalue weighted by atomic mass is 32.2. The highest BCUT2D eigenvalue weighted by Crippen LogP contribution is 2.41. The summed E-state index contributed by atoms with van der Waals surface area (Å²) in [6, 6.07) is 17.5. The number of rotatable bonds is 7. The van der Waals surface area contributed by atoms with E-state index < -0.39 is 27.2 Å². The summed E-state index contributed by atoms with van der Waals surface area (Å²) in [5, 5.41) is 3.17. The predicted octanol–water partition coefficient (Wildman–Crippen LogP) is 4.87. The number of nitrogens with one attached hydrogen (secondary N) is 2. The Morgan fingerprint density at radius 1 is 1.13 bits per heavy atom. The summed E-state index contributed by atoms with van der Waals surface area (Å²) in [7, 11) is -2.19. The Bertz CT molecular complexity index is 1610. The number of piperidine rings is 1. The molecule has 2 atom stereocenters. The normalized spacial score (nSPS) is 17.2. The van der Waals surface area contributed by atoms with Crippen LogP contribution in [-0.2, 0) is 21.4 Å². The number of furan rings is 1. The summed E-state index contributed by atoms with van der Waals surface area (Å²) >= 11 is -1.42. The van der Waals surface area contributed by atoms with E-state index in [4.69, 9.17) is 4.42 Å². The molecule has 0 bridgehead atoms. The summed E-state index contributed by atoms with van der Waals surface area (Å²) in [6.07, 6.45) is 2.84. The molecule has 1 fully saturated rings. The van der Waals surface area contributed by atoms with E-state index in [0.29, 0.717) is 41.6 Å². The number of benzene rings is 3. The predicted molar refractivity (Wildman–Crippen MR) is 150 cm³/mol. The minimum absolute atomic E-state index is 0.227. The molecule has 2 N–H and O–H groups in total. The standard InChI is InChI=1S/C28H28FN3O5S2/c1-30-28(33)26-23-15-22(19-7-6-14-32(17-19)39(35,36)21-8-4-3-5-9-21)24(31-38(2)34)16-25(23)37-27(26)18-10-12-20(29)13-11-18/h3-5,8-13,15-16,19,31H,6-7,14,17H2,1-2H3,(H,30,33)/t19-,38?/m0/s1. The van der Waals surface area contributed by atoms with Gasteiger partial charge in [-0.15, -0.1) is 0 Å². The molecule has 1 amide bonds. The van der Waals surface area contributed by atoms with Crippen LogP contribution in [0.4, 0.5) is 10.1 Å². The van der Waals surface area contributed by atoms with Crippen LogP contribution in [0.2, 0.25) is 0 Å². The largest absolute Gasteiger partial charge is 0.593 e. The molecule has 0 aliphatic carbocycles. The van der Waals surface area contributed by atoms with E-state index in [9.17, 15) is 22.2 Å². The van der Waals surface area contributed by atoms with E-state index >= 15 is 0 Å². The fraction of sp³-hybridized carbons (Fsp3) is 0.250. The zero-order chi connectivity index (χ0) is 27.7. The lowest BCUT2D eigenvalue weighted by atomic mass is 9.89. The first kappa shape index (κ1) is 27.2. The smallest absolute Gasteiger partial charge is 0.255 e. The van der Waals surface area contributed by atoms with Crippen LogP contribution < -0.4 is 10.0 Å². The van der Waals surface area contributed by atoms with Crippen LogP contribution in [0.5, 0.6) is 0 Å². The second kappa shape index (κ2) is 11.0. The molecule has 0 saturated carbocycles. The molecule has 1 saturated heterocycles. The maximum absolute atomic E-state index is 13.6. The first-order valence-electron chi connectivity index (χ1n) is 12.4. The number of fused-ring (bicyclic) bond motifs is 1. The number of hydrogen-bond acceptors (Lipinski definition) is 6. The van der Waals surface area contributed by atoms with Gasteiger partial charge in [-0.3, -0.25) is 4.79 Å². The van der Waals surface area contributed by atoms with Gasteiger partial charge in [0.2, 0.25) is 10.0 Å². The Morgan fingerprint density at radius 2 is 1.85 bits per heavy atom. The lowest BCUT2D eigenvalue weighted by molar-refractivity contribution is 0.0964. The molecule has 8 nitrogen and oxygen atoms in total. The van der Waals surface area contributed by atoms with Crippen molar-refractivity contribution < 1.29 is 26.6 Å². The lowest BCUT2D eigenvalue weighted by Gasteiger charge is -2.33. The number of anilines is 1. The van der Waals surface area contributed by atoms with Crippen molar-refractivity contribution in [2.75, 3.05) is 31.1 Å². The third-order valence-electron chi connectivity index (χ3n) is 6.88. The van der Waals surface area contributed by atoms with Crippen LogP contribution >= 0.6 is 0 Å². The zero-order valence-electron chi connectivity index (χ0n) is 21.4. The number of nitrogens with zero attached hydrogens (tertiary/aromatic N) is 1. The molecule has 1 aromatic heterocycles. The molecule has 0 spiro atoms. The molecule has 2 heterocycles. The van der Waals surface area contributed by atoms with E-state index in [1.807, 2.05) is 6.07 Å². The van der Waals surface area contributed by atoms with Crippen LogP contribution in [0, 0.1) is 5.82 Å². The monoisotopic (exact) mass is 569 g/mol. The molecule has 3 aromatic carbocycles. The highest BCUT2D eigenvalue weighted by Gasteiger charge is 2.33. The van der Waals surface area contributed by atoms with Gasteiger partial charge in [0.25, 0.3) is 5.91 Å². The summed E-state index contributed by atoms with van der Waals surface area (Å²) in [5.41, 5.74) is 2.47. The summed E-state index contributed by atoms with van der Waals surface area (Å²) < 4.78 is 63.1. The molecule has 0 radical (unpaired) electrons. The molecule has 39 heavy (non-hydrogen) atoms. The van der Waals surface area contributed by atoms with Crippen LogP contribution in [-0.4, -0.2) is 49.6 Å². The Kier molecular flexibility index (Phi) is 7.68. The van der Waals surface area contributed by atoms with Crippen LogP contribution in [0.1, 0.15) is 34.7 Å². The van der Waals surface area contributed by atoms with Crippen LogP contribution in [0.3, 0.4) is 0 Å². The van der Waals surface area contributed by atoms with Crippen molar-refractivity contribution in [1.29, 1.82) is 0 Å². The number of carbonyl (C=O) groups excluding carboxylic acids is 1. The fourth-order valence-electron chi connectivity index (χ4n) is 5.05. The van der Waals surface area contributed by atoms with Crippen molar-refractivity contribution in [3.63, 3.8) is 0 Å². The van der Waals surface area contributed by atoms with E-state index in [1.165, 1.54) is 41.9 Å². The molecule has 1 aliphatic rings. The molecule has 11 heteroatoms. The highest BCUT2D eigenvalue weighted by molar-refractivity contribution is 7.92. The molecule has 4 aromatic rings. The Hall–Kier alpha value is -3.38. The van der Waals surface area contributed by atoms with Gasteiger partial charge >= 0.3 is 0 Å². The van der Waals surface area contributed by atoms with E-state index in [1.54, 1.807) is 36.4 Å². The third kappa shape index (κ3) is 5.40. The Morgan fingerprint density at radius 3 is 2.51 bits per heavy atom. The first-order chi connectivity index (χ1) is 18.7. The topological polar surface area (TPSA) is 115 Å². The average molecular weight is 570 g/mol. The SMILES string of the molecule is CNC(=O)c1c(-c2ccc(F)cc2)oc2cc(N[S+](C)[O-])c([C@H]3CCCN(S(=O)(=O)c4ccccc4)C3)cc12. The Labute approximate surface area is 229 Å². The van der Waals surface area contributed by atoms with Gasteiger partial charge in [0.1, 0.15) is 23.4 Å². The van der Waals surface area contributed by atoms with Crippen molar-refractivity contribution in [2.24, 2.45) is 0 Å². The van der Waals surface area contributed by atoms with Crippen molar-refractivity contribution in [1.82, 2.24) is 9.62 Å². The van der Waals surface area contributed by atoms with Gasteiger partial charge in [0.15, 0.2) is 0 Å². The van der Waals surface area contributed by atoms with Crippen LogP contribution in [0.15, 0.2) is 76.0 Å². The van der Waals surface area contributed by atoms with Gasteiger partial charge in [0.05, 0.1) is 27.5 Å². The van der Waals surface area contributed by atoms with Gasteiger partial charge < -0.3 is 14.3 Å². The number of halogens is 1. The molecular weight excluding hydrogens is 541 g/mol. The molecule has 204 valence electrons. The van der Waals surface area contributed by atoms with Gasteiger partial charge in [-0.1, -0.05) is 18.2 Å². The number of carbonyl (C=O) groups is 1. The third-order valence-corrected chi connectivity index (χ3v) is 9.27. The Balaban J connectivity index is 1.63. The van der Waals surface area contributed by atoms with Crippen LogP contribution in [0.25, 0.3) is 22.3 Å². The van der Waals surface area contributed by atoms with Crippen molar-refractivity contribution >= 4 is 43.9 Å². The maximum atomic E-state index is 13.6. The number of hydrogen-bond donors (Lipinski definition) is 2. The van der Waals surface area contributed by atoms with E-state index in [0.717, 1.165) is 5.56 Å². The zero-order valence-corrected chi connectivity index (χ0v) is 23.1. The van der Waals surface area contributed by atoms with E-state index in [2.05, 4.69) is 10.0 Å². The van der Waals surface area contributed by atoms with Gasteiger partial charge in [-0.05, 0) is 66.8 Å². The summed E-state index contributed by atoms with van der Waals surface area (Å²) in [4.78, 5) is 13.3. The average Bonchev–Trinajstić information content (AvgIpc) is 3.31. The second-order valence-electron chi connectivity index (χ2n) is 9.40. The molecular formula is C28H28FN3O5S2. The van der Waals surface area contributed by atoms with Gasteiger partial charge in [0, 0.05) is 37.2 Å². The summed E-state index contributed by atoms with van der Waals surface area (Å²) in [5.74, 6) is -0.741. The van der Waals surface area contributed by atoms with Crippen molar-refractivity contribution in [2.45, 2.75) is 23.7 Å². The lowest BCUT2D eigenvalue weighted by Crippen LogP contribution is -2.39. The molecule has 1 unspecified atom stereocenters. The van der Waals surface area contributed by atoms with Gasteiger partial charge in [-0.25, -0.2) is 17.5 Å². The molecule has 5 rings (SSSR count). The minimum atomic E-state index is -3.70. The first-order valence-corrected chi connectivity index (χ1v) is 15.4. The number of amides is 1. The molecule has 1 aliphatic heterocycles. The number of sulfonamides is 1.